The molecule has 0 radical (unpaired) electrons. The number of ketones is 1. The lowest BCUT2D eigenvalue weighted by atomic mass is 10.3. The summed E-state index contributed by atoms with van der Waals surface area (Å²) in [6.45, 7) is 17.3. The van der Waals surface area contributed by atoms with Gasteiger partial charge in [0.05, 0.1) is 5.69 Å². The van der Waals surface area contributed by atoms with Crippen LogP contribution in [0, 0.1) is 6.92 Å². The minimum atomic E-state index is 0.255. The second-order valence-corrected chi connectivity index (χ2v) is 4.86. The number of carbonyl (C=O) groups excluding carboxylic acids is 1. The SMILES string of the molecule is CC.CC.CC.CCC(C)=O.Cc1cocn1.Oc1ccccc1.Oc1ccccc1. The van der Waals surface area contributed by atoms with Gasteiger partial charge in [0.2, 0.25) is 0 Å². The van der Waals surface area contributed by atoms with Gasteiger partial charge < -0.3 is 19.4 Å². The highest BCUT2D eigenvalue weighted by atomic mass is 16.3. The molecule has 0 aliphatic rings. The van der Waals surface area contributed by atoms with E-state index < -0.39 is 0 Å². The highest BCUT2D eigenvalue weighted by molar-refractivity contribution is 5.74. The fourth-order valence-electron chi connectivity index (χ4n) is 1.13. The summed E-state index contributed by atoms with van der Waals surface area (Å²) in [6, 6.07) is 17.4. The van der Waals surface area contributed by atoms with E-state index in [0.717, 1.165) is 5.69 Å². The molecule has 176 valence electrons. The minimum Gasteiger partial charge on any atom is -0.508 e. The van der Waals surface area contributed by atoms with Crippen molar-refractivity contribution in [3.8, 4) is 11.5 Å². The molecule has 0 fully saturated rings. The van der Waals surface area contributed by atoms with E-state index in [1.807, 2.05) is 67.5 Å². The Balaban J connectivity index is -0.000000146. The maximum atomic E-state index is 9.81. The summed E-state index contributed by atoms with van der Waals surface area (Å²) in [5.74, 6) is 0.898. The maximum absolute atomic E-state index is 9.81. The largest absolute Gasteiger partial charge is 0.508 e. The van der Waals surface area contributed by atoms with E-state index in [9.17, 15) is 4.79 Å². The quantitative estimate of drug-likeness (QED) is 0.408. The summed E-state index contributed by atoms with van der Waals surface area (Å²) >= 11 is 0. The highest BCUT2D eigenvalue weighted by Crippen LogP contribution is 2.03. The zero-order valence-corrected chi connectivity index (χ0v) is 20.8. The number of oxazole rings is 1. The van der Waals surface area contributed by atoms with Gasteiger partial charge in [0.25, 0.3) is 0 Å². The molecule has 3 aromatic rings. The second-order valence-electron chi connectivity index (χ2n) is 4.86. The van der Waals surface area contributed by atoms with E-state index in [4.69, 9.17) is 10.2 Å². The zero-order chi connectivity index (χ0) is 24.9. The molecule has 0 spiro atoms. The number of rotatable bonds is 1. The van der Waals surface area contributed by atoms with Crippen LogP contribution in [0.25, 0.3) is 0 Å². The third kappa shape index (κ3) is 34.8. The summed E-state index contributed by atoms with van der Waals surface area (Å²) in [5, 5.41) is 17.3. The van der Waals surface area contributed by atoms with Crippen LogP contribution < -0.4 is 0 Å². The number of aromatic nitrogens is 1. The molecule has 0 unspecified atom stereocenters. The fraction of sp³-hybridized carbons (Fsp3) is 0.385. The van der Waals surface area contributed by atoms with Crippen LogP contribution in [0.5, 0.6) is 11.5 Å². The number of nitrogens with zero attached hydrogens (tertiary/aromatic N) is 1. The Morgan fingerprint density at radius 3 is 1.23 bits per heavy atom. The van der Waals surface area contributed by atoms with Gasteiger partial charge in [-0.15, -0.1) is 0 Å². The monoisotopic (exact) mass is 433 g/mol. The van der Waals surface area contributed by atoms with Gasteiger partial charge in [-0.1, -0.05) is 84.9 Å². The van der Waals surface area contributed by atoms with Crippen LogP contribution in [0.2, 0.25) is 0 Å². The zero-order valence-electron chi connectivity index (χ0n) is 20.8. The molecule has 0 amide bonds. The van der Waals surface area contributed by atoms with E-state index >= 15 is 0 Å². The average Bonchev–Trinajstić information content (AvgIpc) is 3.31. The number of hydrogen-bond acceptors (Lipinski definition) is 5. The molecule has 1 heterocycles. The first-order valence-electron chi connectivity index (χ1n) is 10.8. The molecule has 3 rings (SSSR count). The Morgan fingerprint density at radius 1 is 0.806 bits per heavy atom. The van der Waals surface area contributed by atoms with Gasteiger partial charge in [0.15, 0.2) is 6.39 Å². The molecule has 2 N–H and O–H groups in total. The van der Waals surface area contributed by atoms with E-state index in [1.54, 1.807) is 61.7 Å². The molecule has 0 saturated heterocycles. The van der Waals surface area contributed by atoms with Gasteiger partial charge in [-0.2, -0.15) is 0 Å². The Kier molecular flexibility index (Phi) is 36.1. The van der Waals surface area contributed by atoms with Crippen LogP contribution in [-0.4, -0.2) is 21.0 Å². The van der Waals surface area contributed by atoms with Gasteiger partial charge in [0.1, 0.15) is 23.5 Å². The van der Waals surface area contributed by atoms with Crippen molar-refractivity contribution in [2.24, 2.45) is 0 Å². The number of carbonyl (C=O) groups is 1. The molecule has 31 heavy (non-hydrogen) atoms. The molecule has 1 aromatic heterocycles. The standard InChI is InChI=1S/2C6H6O.C4H5NO.C4H8O.3C2H6/c2*7-6-4-2-1-3-5-6;1-4-2-6-3-5-4;1-3-4(2)5;3*1-2/h2*1-5,7H;2-3H,1H3;3H2,1-2H3;3*1-2H3. The van der Waals surface area contributed by atoms with Crippen LogP contribution in [0.1, 0.15) is 67.5 Å². The number of Topliss-reactive ketones (excluding diaryl/α,β-unsaturated/α-hetero) is 1. The van der Waals surface area contributed by atoms with E-state index in [2.05, 4.69) is 9.40 Å². The molecular formula is C26H43NO4. The summed E-state index contributed by atoms with van der Waals surface area (Å²) in [6.07, 6.45) is 3.68. The van der Waals surface area contributed by atoms with Crippen molar-refractivity contribution in [1.82, 2.24) is 4.98 Å². The van der Waals surface area contributed by atoms with Crippen LogP contribution in [0.15, 0.2) is 77.7 Å². The van der Waals surface area contributed by atoms with E-state index in [1.165, 1.54) is 6.39 Å². The Morgan fingerprint density at radius 2 is 1.13 bits per heavy atom. The van der Waals surface area contributed by atoms with Crippen LogP contribution in [0.4, 0.5) is 0 Å². The molecule has 0 atom stereocenters. The predicted molar refractivity (Wildman–Crippen MR) is 132 cm³/mol. The van der Waals surface area contributed by atoms with Gasteiger partial charge in [-0.25, -0.2) is 4.98 Å². The van der Waals surface area contributed by atoms with Crippen molar-refractivity contribution in [2.45, 2.75) is 68.7 Å². The van der Waals surface area contributed by atoms with E-state index in [-0.39, 0.29) is 5.78 Å². The molecule has 2 aromatic carbocycles. The van der Waals surface area contributed by atoms with Crippen LogP contribution in [0.3, 0.4) is 0 Å². The van der Waals surface area contributed by atoms with Crippen molar-refractivity contribution in [2.75, 3.05) is 0 Å². The van der Waals surface area contributed by atoms with Crippen molar-refractivity contribution in [3.63, 3.8) is 0 Å². The lowest BCUT2D eigenvalue weighted by Gasteiger charge is -1.82. The summed E-state index contributed by atoms with van der Waals surface area (Å²) in [5.41, 5.74) is 0.926. The van der Waals surface area contributed by atoms with Gasteiger partial charge in [-0.3, -0.25) is 0 Å². The summed E-state index contributed by atoms with van der Waals surface area (Å²) in [7, 11) is 0. The number of phenolic OH excluding ortho intramolecular Hbond substituents is 2. The average molecular weight is 434 g/mol. The molecule has 0 aliphatic carbocycles. The first-order valence-corrected chi connectivity index (χ1v) is 10.8. The molecule has 0 saturated carbocycles. The molecule has 0 bridgehead atoms. The lowest BCUT2D eigenvalue weighted by molar-refractivity contribution is -0.116. The Labute approximate surface area is 189 Å². The summed E-state index contributed by atoms with van der Waals surface area (Å²) < 4.78 is 4.60. The summed E-state index contributed by atoms with van der Waals surface area (Å²) in [4.78, 5) is 13.6. The van der Waals surface area contributed by atoms with Crippen molar-refractivity contribution in [3.05, 3.63) is 79.0 Å². The van der Waals surface area contributed by atoms with Crippen molar-refractivity contribution in [1.29, 1.82) is 0 Å². The second kappa shape index (κ2) is 31.6. The lowest BCUT2D eigenvalue weighted by Crippen LogP contribution is -1.80. The van der Waals surface area contributed by atoms with Gasteiger partial charge >= 0.3 is 0 Å². The van der Waals surface area contributed by atoms with E-state index in [0.29, 0.717) is 17.9 Å². The number of phenols is 2. The number of aromatic hydroxyl groups is 2. The first kappa shape index (κ1) is 35.4. The third-order valence-electron chi connectivity index (χ3n) is 2.57. The minimum absolute atomic E-state index is 0.255. The van der Waals surface area contributed by atoms with Crippen LogP contribution in [-0.2, 0) is 4.79 Å². The predicted octanol–water partition coefficient (Wildman–Crippen LogP) is 7.83. The van der Waals surface area contributed by atoms with Crippen molar-refractivity contribution >= 4 is 5.78 Å². The third-order valence-corrected chi connectivity index (χ3v) is 2.57. The van der Waals surface area contributed by atoms with Gasteiger partial charge in [-0.05, 0) is 38.1 Å². The number of para-hydroxylation sites is 2. The van der Waals surface area contributed by atoms with Gasteiger partial charge in [0, 0.05) is 6.42 Å². The Hall–Kier alpha value is -3.08. The number of benzene rings is 2. The smallest absolute Gasteiger partial charge is 0.180 e. The maximum Gasteiger partial charge on any atom is 0.180 e. The molecular weight excluding hydrogens is 390 g/mol. The number of aryl methyl sites for hydroxylation is 1. The first-order chi connectivity index (χ1) is 15.0. The Bertz CT molecular complexity index is 617. The number of hydrogen-bond donors (Lipinski definition) is 2. The highest BCUT2D eigenvalue weighted by Gasteiger charge is 1.78. The normalized spacial score (nSPS) is 7.39. The molecule has 5 nitrogen and oxygen atoms in total. The van der Waals surface area contributed by atoms with Crippen LogP contribution >= 0.6 is 0 Å². The molecule has 5 heteroatoms. The molecule has 0 aliphatic heterocycles. The fourth-order valence-corrected chi connectivity index (χ4v) is 1.13. The van der Waals surface area contributed by atoms with Crippen molar-refractivity contribution < 1.29 is 19.4 Å². The topological polar surface area (TPSA) is 83.6 Å².